The van der Waals surface area contributed by atoms with Crippen molar-refractivity contribution in [3.05, 3.63) is 23.8 Å². The summed E-state index contributed by atoms with van der Waals surface area (Å²) in [5, 5.41) is 8.68. The maximum atomic E-state index is 12.0. The number of halogens is 3. The van der Waals surface area contributed by atoms with E-state index < -0.39 is 18.8 Å². The van der Waals surface area contributed by atoms with Crippen LogP contribution >= 0.6 is 0 Å². The van der Waals surface area contributed by atoms with Gasteiger partial charge in [-0.25, -0.2) is 4.79 Å². The van der Waals surface area contributed by atoms with Gasteiger partial charge < -0.3 is 14.6 Å². The van der Waals surface area contributed by atoms with Crippen LogP contribution in [0.2, 0.25) is 0 Å². The monoisotopic (exact) mass is 250 g/mol. The molecule has 0 spiro atoms. The maximum absolute atomic E-state index is 12.0. The van der Waals surface area contributed by atoms with Gasteiger partial charge in [-0.1, -0.05) is 0 Å². The molecule has 94 valence electrons. The maximum Gasteiger partial charge on any atom is 0.422 e. The first-order chi connectivity index (χ1) is 7.83. The fourth-order valence-corrected chi connectivity index (χ4v) is 1.08. The van der Waals surface area contributed by atoms with Crippen LogP contribution in [0, 0.1) is 0 Å². The van der Waals surface area contributed by atoms with E-state index >= 15 is 0 Å². The molecule has 0 radical (unpaired) electrons. The van der Waals surface area contributed by atoms with Crippen LogP contribution in [0.5, 0.6) is 11.5 Å². The van der Waals surface area contributed by atoms with Gasteiger partial charge in [0.25, 0.3) is 0 Å². The molecule has 1 N–H and O–H groups in total. The number of aromatic carboxylic acids is 1. The van der Waals surface area contributed by atoms with E-state index in [1.807, 2.05) is 0 Å². The van der Waals surface area contributed by atoms with Crippen molar-refractivity contribution < 1.29 is 32.5 Å². The molecule has 17 heavy (non-hydrogen) atoms. The Morgan fingerprint density at radius 3 is 2.47 bits per heavy atom. The topological polar surface area (TPSA) is 55.8 Å². The number of rotatable bonds is 4. The van der Waals surface area contributed by atoms with Crippen molar-refractivity contribution in [1.82, 2.24) is 0 Å². The minimum atomic E-state index is -4.50. The molecular weight excluding hydrogens is 241 g/mol. The number of carboxylic acid groups (broad SMARTS) is 1. The van der Waals surface area contributed by atoms with E-state index in [1.54, 1.807) is 0 Å². The number of ether oxygens (including phenoxy) is 2. The third-order valence-corrected chi connectivity index (χ3v) is 1.80. The number of carbonyl (C=O) groups is 1. The molecule has 0 aliphatic heterocycles. The van der Waals surface area contributed by atoms with Crippen LogP contribution in [0.3, 0.4) is 0 Å². The van der Waals surface area contributed by atoms with Crippen LogP contribution in [-0.2, 0) is 0 Å². The predicted molar refractivity (Wildman–Crippen MR) is 51.5 cm³/mol. The highest BCUT2D eigenvalue weighted by molar-refractivity contribution is 5.88. The van der Waals surface area contributed by atoms with Crippen molar-refractivity contribution in [3.8, 4) is 11.5 Å². The first kappa shape index (κ1) is 13.1. The minimum Gasteiger partial charge on any atom is -0.493 e. The second kappa shape index (κ2) is 4.94. The Bertz CT molecular complexity index is 415. The van der Waals surface area contributed by atoms with E-state index in [1.165, 1.54) is 19.2 Å². The Morgan fingerprint density at radius 1 is 1.35 bits per heavy atom. The molecule has 0 fully saturated rings. The van der Waals surface area contributed by atoms with E-state index in [2.05, 4.69) is 4.74 Å². The van der Waals surface area contributed by atoms with Gasteiger partial charge >= 0.3 is 12.1 Å². The molecule has 0 amide bonds. The summed E-state index contributed by atoms with van der Waals surface area (Å²) in [6.45, 7) is -1.51. The Morgan fingerprint density at radius 2 is 2.00 bits per heavy atom. The van der Waals surface area contributed by atoms with Crippen LogP contribution in [-0.4, -0.2) is 31.0 Å². The summed E-state index contributed by atoms with van der Waals surface area (Å²) >= 11 is 0. The molecule has 1 rings (SSSR count). The van der Waals surface area contributed by atoms with Crippen LogP contribution in [0.15, 0.2) is 18.2 Å². The van der Waals surface area contributed by atoms with Crippen molar-refractivity contribution in [2.45, 2.75) is 6.18 Å². The quantitative estimate of drug-likeness (QED) is 0.891. The van der Waals surface area contributed by atoms with Crippen molar-refractivity contribution in [3.63, 3.8) is 0 Å². The second-order valence-corrected chi connectivity index (χ2v) is 3.07. The number of hydrogen-bond acceptors (Lipinski definition) is 3. The van der Waals surface area contributed by atoms with E-state index in [4.69, 9.17) is 9.84 Å². The van der Waals surface area contributed by atoms with Crippen molar-refractivity contribution in [2.75, 3.05) is 13.7 Å². The first-order valence-electron chi connectivity index (χ1n) is 4.44. The smallest absolute Gasteiger partial charge is 0.422 e. The molecule has 0 aliphatic rings. The summed E-state index contributed by atoms with van der Waals surface area (Å²) in [6, 6.07) is 3.42. The number of hydrogen-bond donors (Lipinski definition) is 1. The van der Waals surface area contributed by atoms with Gasteiger partial charge in [0.1, 0.15) is 0 Å². The zero-order chi connectivity index (χ0) is 13.1. The Labute approximate surface area is 94.6 Å². The summed E-state index contributed by atoms with van der Waals surface area (Å²) in [4.78, 5) is 10.6. The number of alkyl halides is 3. The predicted octanol–water partition coefficient (Wildman–Crippen LogP) is 2.33. The molecule has 4 nitrogen and oxygen atoms in total. The molecule has 0 aromatic heterocycles. The SMILES string of the molecule is COc1ccc(C(=O)O)cc1OCC(F)(F)F. The van der Waals surface area contributed by atoms with Gasteiger partial charge in [0.05, 0.1) is 12.7 Å². The molecule has 0 saturated carbocycles. The van der Waals surface area contributed by atoms with E-state index in [-0.39, 0.29) is 17.1 Å². The van der Waals surface area contributed by atoms with Gasteiger partial charge in [-0.2, -0.15) is 13.2 Å². The van der Waals surface area contributed by atoms with E-state index in [9.17, 15) is 18.0 Å². The Hall–Kier alpha value is -1.92. The molecule has 1 aromatic carbocycles. The highest BCUT2D eigenvalue weighted by Crippen LogP contribution is 2.29. The van der Waals surface area contributed by atoms with Crippen molar-refractivity contribution in [2.24, 2.45) is 0 Å². The summed E-state index contributed by atoms with van der Waals surface area (Å²) in [7, 11) is 1.25. The molecular formula is C10H9F3O4. The fraction of sp³-hybridized carbons (Fsp3) is 0.300. The average Bonchev–Trinajstić information content (AvgIpc) is 2.24. The van der Waals surface area contributed by atoms with Gasteiger partial charge in [0.2, 0.25) is 0 Å². The van der Waals surface area contributed by atoms with Gasteiger partial charge in [0, 0.05) is 0 Å². The molecule has 0 atom stereocenters. The lowest BCUT2D eigenvalue weighted by Crippen LogP contribution is -2.19. The average molecular weight is 250 g/mol. The lowest BCUT2D eigenvalue weighted by Gasteiger charge is -2.12. The van der Waals surface area contributed by atoms with E-state index in [0.717, 1.165) is 6.07 Å². The molecule has 0 aliphatic carbocycles. The third-order valence-electron chi connectivity index (χ3n) is 1.80. The highest BCUT2D eigenvalue weighted by atomic mass is 19.4. The number of benzene rings is 1. The lowest BCUT2D eigenvalue weighted by molar-refractivity contribution is -0.153. The summed E-state index contributed by atoms with van der Waals surface area (Å²) < 4.78 is 45.1. The molecule has 0 unspecified atom stereocenters. The normalized spacial score (nSPS) is 11.1. The zero-order valence-electron chi connectivity index (χ0n) is 8.75. The Kier molecular flexibility index (Phi) is 3.82. The van der Waals surface area contributed by atoms with Crippen molar-refractivity contribution >= 4 is 5.97 Å². The molecule has 0 bridgehead atoms. The summed E-state index contributed by atoms with van der Waals surface area (Å²) in [5.74, 6) is -1.48. The van der Waals surface area contributed by atoms with Crippen LogP contribution < -0.4 is 9.47 Å². The summed E-state index contributed by atoms with van der Waals surface area (Å²) in [6.07, 6.45) is -4.50. The summed E-state index contributed by atoms with van der Waals surface area (Å²) in [5.41, 5.74) is -0.178. The number of methoxy groups -OCH3 is 1. The molecule has 0 saturated heterocycles. The molecule has 7 heteroatoms. The highest BCUT2D eigenvalue weighted by Gasteiger charge is 2.29. The van der Waals surface area contributed by atoms with Crippen LogP contribution in [0.1, 0.15) is 10.4 Å². The first-order valence-corrected chi connectivity index (χ1v) is 4.44. The van der Waals surface area contributed by atoms with Crippen LogP contribution in [0.4, 0.5) is 13.2 Å². The third kappa shape index (κ3) is 3.86. The Balaban J connectivity index is 2.94. The number of carboxylic acids is 1. The largest absolute Gasteiger partial charge is 0.493 e. The minimum absolute atomic E-state index is 0.0410. The van der Waals surface area contributed by atoms with Gasteiger partial charge in [-0.15, -0.1) is 0 Å². The van der Waals surface area contributed by atoms with Crippen molar-refractivity contribution in [1.29, 1.82) is 0 Å². The standard InChI is InChI=1S/C10H9F3O4/c1-16-7-3-2-6(9(14)15)4-8(7)17-5-10(11,12)13/h2-4H,5H2,1H3,(H,14,15). The van der Waals surface area contributed by atoms with Gasteiger partial charge in [0.15, 0.2) is 18.1 Å². The lowest BCUT2D eigenvalue weighted by atomic mass is 10.2. The van der Waals surface area contributed by atoms with Gasteiger partial charge in [-0.3, -0.25) is 0 Å². The molecule has 1 aromatic rings. The van der Waals surface area contributed by atoms with Gasteiger partial charge in [-0.05, 0) is 18.2 Å². The zero-order valence-corrected chi connectivity index (χ0v) is 8.75. The van der Waals surface area contributed by atoms with E-state index in [0.29, 0.717) is 0 Å². The van der Waals surface area contributed by atoms with Crippen LogP contribution in [0.25, 0.3) is 0 Å². The fourth-order valence-electron chi connectivity index (χ4n) is 1.08. The molecule has 0 heterocycles. The second-order valence-electron chi connectivity index (χ2n) is 3.07.